The van der Waals surface area contributed by atoms with Crippen LogP contribution in [0.5, 0.6) is 0 Å². The van der Waals surface area contributed by atoms with Gasteiger partial charge in [-0.05, 0) is 30.9 Å². The standard InChI is InChI=1S/C20H30N6O2.HI/c1-2-22-20(23-8-4-9-28-19-7-10-27-14-19)24-12-17-5-3-6-18(11-17)13-26-16-21-15-25-26;/h3,5-6,11,15-16,19H,2,4,7-10,12-14H2,1H3,(H2,22,23,24);1H. The summed E-state index contributed by atoms with van der Waals surface area (Å²) in [6.07, 6.45) is 5.49. The molecule has 0 radical (unpaired) electrons. The number of ether oxygens (including phenoxy) is 2. The molecule has 1 aromatic heterocycles. The highest BCUT2D eigenvalue weighted by atomic mass is 127. The van der Waals surface area contributed by atoms with Crippen molar-refractivity contribution in [1.29, 1.82) is 0 Å². The van der Waals surface area contributed by atoms with Crippen molar-refractivity contribution in [1.82, 2.24) is 25.4 Å². The number of halogens is 1. The average molecular weight is 514 g/mol. The maximum absolute atomic E-state index is 5.79. The van der Waals surface area contributed by atoms with Crippen molar-refractivity contribution in [3.63, 3.8) is 0 Å². The normalized spacial score (nSPS) is 16.4. The van der Waals surface area contributed by atoms with Crippen LogP contribution in [-0.4, -0.2) is 59.7 Å². The molecular formula is C20H31IN6O2. The van der Waals surface area contributed by atoms with Gasteiger partial charge in [0.15, 0.2) is 5.96 Å². The van der Waals surface area contributed by atoms with Gasteiger partial charge in [-0.1, -0.05) is 24.3 Å². The fourth-order valence-electron chi connectivity index (χ4n) is 3.01. The largest absolute Gasteiger partial charge is 0.379 e. The molecule has 1 aliphatic heterocycles. The van der Waals surface area contributed by atoms with Gasteiger partial charge in [0.2, 0.25) is 0 Å². The van der Waals surface area contributed by atoms with Gasteiger partial charge in [0.25, 0.3) is 0 Å². The van der Waals surface area contributed by atoms with E-state index in [1.165, 1.54) is 11.1 Å². The molecule has 0 spiro atoms. The monoisotopic (exact) mass is 514 g/mol. The lowest BCUT2D eigenvalue weighted by atomic mass is 10.1. The van der Waals surface area contributed by atoms with Crippen LogP contribution in [0.15, 0.2) is 41.9 Å². The molecule has 1 fully saturated rings. The average Bonchev–Trinajstić information content (AvgIpc) is 3.40. The minimum Gasteiger partial charge on any atom is -0.379 e. The first-order valence-electron chi connectivity index (χ1n) is 9.95. The van der Waals surface area contributed by atoms with E-state index in [4.69, 9.17) is 14.5 Å². The van der Waals surface area contributed by atoms with Crippen LogP contribution in [0, 0.1) is 0 Å². The Kier molecular flexibility index (Phi) is 11.0. The minimum absolute atomic E-state index is 0. The van der Waals surface area contributed by atoms with Gasteiger partial charge in [-0.25, -0.2) is 14.7 Å². The summed E-state index contributed by atoms with van der Waals surface area (Å²) in [6.45, 7) is 7.34. The molecule has 1 unspecified atom stereocenters. The van der Waals surface area contributed by atoms with Crippen LogP contribution in [0.4, 0.5) is 0 Å². The Morgan fingerprint density at radius 1 is 1.34 bits per heavy atom. The fraction of sp³-hybridized carbons (Fsp3) is 0.550. The number of hydrogen-bond donors (Lipinski definition) is 2. The van der Waals surface area contributed by atoms with E-state index in [9.17, 15) is 0 Å². The van der Waals surface area contributed by atoms with Crippen molar-refractivity contribution >= 4 is 29.9 Å². The van der Waals surface area contributed by atoms with Crippen molar-refractivity contribution in [2.24, 2.45) is 4.99 Å². The molecule has 2 heterocycles. The van der Waals surface area contributed by atoms with Crippen LogP contribution in [0.1, 0.15) is 30.9 Å². The molecule has 3 rings (SSSR count). The maximum Gasteiger partial charge on any atom is 0.191 e. The van der Waals surface area contributed by atoms with Gasteiger partial charge < -0.3 is 20.1 Å². The number of aliphatic imine (C=N–C) groups is 1. The summed E-state index contributed by atoms with van der Waals surface area (Å²) >= 11 is 0. The summed E-state index contributed by atoms with van der Waals surface area (Å²) in [5, 5.41) is 10.8. The number of guanidine groups is 1. The van der Waals surface area contributed by atoms with Gasteiger partial charge in [-0.3, -0.25) is 0 Å². The first-order chi connectivity index (χ1) is 13.8. The van der Waals surface area contributed by atoms with E-state index in [1.807, 2.05) is 4.68 Å². The highest BCUT2D eigenvalue weighted by molar-refractivity contribution is 14.0. The number of rotatable bonds is 10. The van der Waals surface area contributed by atoms with Crippen LogP contribution in [0.25, 0.3) is 0 Å². The van der Waals surface area contributed by atoms with Crippen LogP contribution >= 0.6 is 24.0 Å². The second kappa shape index (κ2) is 13.5. The number of aromatic nitrogens is 3. The lowest BCUT2D eigenvalue weighted by Gasteiger charge is -2.13. The third-order valence-corrected chi connectivity index (χ3v) is 4.42. The zero-order chi connectivity index (χ0) is 19.4. The molecule has 9 heteroatoms. The van der Waals surface area contributed by atoms with Gasteiger partial charge in [-0.2, -0.15) is 5.10 Å². The molecular weight excluding hydrogens is 483 g/mol. The SMILES string of the molecule is CCNC(=NCc1cccc(Cn2cncn2)c1)NCCCOC1CCOC1.I. The van der Waals surface area contributed by atoms with Crippen molar-refractivity contribution in [3.05, 3.63) is 48.0 Å². The fourth-order valence-corrected chi connectivity index (χ4v) is 3.01. The first-order valence-corrected chi connectivity index (χ1v) is 9.95. The summed E-state index contributed by atoms with van der Waals surface area (Å²) < 4.78 is 12.9. The predicted octanol–water partition coefficient (Wildman–Crippen LogP) is 2.20. The summed E-state index contributed by atoms with van der Waals surface area (Å²) in [5.41, 5.74) is 2.35. The Labute approximate surface area is 189 Å². The molecule has 0 bridgehead atoms. The molecule has 8 nitrogen and oxygen atoms in total. The zero-order valence-corrected chi connectivity index (χ0v) is 19.2. The molecule has 0 aliphatic carbocycles. The van der Waals surface area contributed by atoms with E-state index in [0.29, 0.717) is 13.1 Å². The summed E-state index contributed by atoms with van der Waals surface area (Å²) in [5.74, 6) is 0.827. The second-order valence-corrected chi connectivity index (χ2v) is 6.74. The number of benzene rings is 1. The van der Waals surface area contributed by atoms with E-state index in [-0.39, 0.29) is 30.1 Å². The minimum atomic E-state index is 0. The van der Waals surface area contributed by atoms with Gasteiger partial charge in [0, 0.05) is 26.3 Å². The number of hydrogen-bond acceptors (Lipinski definition) is 5. The molecule has 2 N–H and O–H groups in total. The maximum atomic E-state index is 5.79. The van der Waals surface area contributed by atoms with Gasteiger partial charge >= 0.3 is 0 Å². The lowest BCUT2D eigenvalue weighted by molar-refractivity contribution is 0.0420. The van der Waals surface area contributed by atoms with Crippen LogP contribution in [0.3, 0.4) is 0 Å². The highest BCUT2D eigenvalue weighted by Gasteiger charge is 2.15. The Bertz CT molecular complexity index is 720. The quantitative estimate of drug-likeness (QED) is 0.219. The predicted molar refractivity (Wildman–Crippen MR) is 124 cm³/mol. The highest BCUT2D eigenvalue weighted by Crippen LogP contribution is 2.09. The first kappa shape index (κ1) is 23.6. The second-order valence-electron chi connectivity index (χ2n) is 6.74. The van der Waals surface area contributed by atoms with Crippen molar-refractivity contribution in [3.8, 4) is 0 Å². The zero-order valence-electron chi connectivity index (χ0n) is 16.9. The van der Waals surface area contributed by atoms with Gasteiger partial charge in [0.1, 0.15) is 12.7 Å². The van der Waals surface area contributed by atoms with E-state index in [1.54, 1.807) is 12.7 Å². The Morgan fingerprint density at radius 2 is 2.24 bits per heavy atom. The summed E-state index contributed by atoms with van der Waals surface area (Å²) in [6, 6.07) is 8.40. The molecule has 1 aliphatic rings. The van der Waals surface area contributed by atoms with Crippen molar-refractivity contribution in [2.45, 2.75) is 39.0 Å². The molecule has 0 amide bonds. The Balaban J connectivity index is 0.00000300. The molecule has 1 saturated heterocycles. The van der Waals surface area contributed by atoms with Gasteiger partial charge in [0.05, 0.1) is 25.8 Å². The van der Waals surface area contributed by atoms with Gasteiger partial charge in [-0.15, -0.1) is 24.0 Å². The van der Waals surface area contributed by atoms with E-state index in [0.717, 1.165) is 51.7 Å². The molecule has 0 saturated carbocycles. The van der Waals surface area contributed by atoms with E-state index >= 15 is 0 Å². The molecule has 160 valence electrons. The number of nitrogens with one attached hydrogen (secondary N) is 2. The van der Waals surface area contributed by atoms with E-state index < -0.39 is 0 Å². The van der Waals surface area contributed by atoms with Crippen LogP contribution in [-0.2, 0) is 22.6 Å². The van der Waals surface area contributed by atoms with Crippen molar-refractivity contribution < 1.29 is 9.47 Å². The topological polar surface area (TPSA) is 85.6 Å². The van der Waals surface area contributed by atoms with E-state index in [2.05, 4.69) is 51.9 Å². The van der Waals surface area contributed by atoms with Crippen LogP contribution < -0.4 is 10.6 Å². The van der Waals surface area contributed by atoms with Crippen molar-refractivity contribution in [2.75, 3.05) is 32.9 Å². The third kappa shape index (κ3) is 8.67. The molecule has 29 heavy (non-hydrogen) atoms. The molecule has 2 aromatic rings. The Morgan fingerprint density at radius 3 is 3.00 bits per heavy atom. The molecule has 1 aromatic carbocycles. The molecule has 1 atom stereocenters. The lowest BCUT2D eigenvalue weighted by Crippen LogP contribution is -2.38. The van der Waals surface area contributed by atoms with Crippen LogP contribution in [0.2, 0.25) is 0 Å². The third-order valence-electron chi connectivity index (χ3n) is 4.42. The summed E-state index contributed by atoms with van der Waals surface area (Å²) in [4.78, 5) is 8.68. The Hall–Kier alpha value is -1.72. The smallest absolute Gasteiger partial charge is 0.191 e. The summed E-state index contributed by atoms with van der Waals surface area (Å²) in [7, 11) is 0. The number of nitrogens with zero attached hydrogens (tertiary/aromatic N) is 4.